The van der Waals surface area contributed by atoms with Crippen LogP contribution in [-0.2, 0) is 64.7 Å². The Morgan fingerprint density at radius 3 is 1.54 bits per heavy atom. The van der Waals surface area contributed by atoms with Crippen LogP contribution in [0.2, 0.25) is 0 Å². The Morgan fingerprint density at radius 1 is 0.559 bits per heavy atom. The van der Waals surface area contributed by atoms with Crippen LogP contribution in [0.5, 0.6) is 0 Å². The minimum Gasteiger partial charge on any atom is -0.500 e. The SMILES string of the molecule is [2H]c1c([2H])c([2H])c(-c2c(F)c(C([2H])([2H])C(C)(C)C)cc3c2oc2c(-c4ccc(C([2H])([2H])C([2H])([2H])c5cc(C([2H])([2H])C([2H])([2H])c6ccc(-c7[c-]cccc7)nc6)cc(C([2H])([2H])C([2H])([2H])c6ccc(-c7[c-]cccc7)nc6)c5)cn4)[c-]ccc23)c([2H])c1[2H].[Ir+3]. The van der Waals surface area contributed by atoms with Crippen molar-refractivity contribution in [3.8, 4) is 44.9 Å². The number of aromatic nitrogens is 3. The van der Waals surface area contributed by atoms with Gasteiger partial charge in [0.05, 0.1) is 18.0 Å². The van der Waals surface area contributed by atoms with Gasteiger partial charge in [0.25, 0.3) is 0 Å². The van der Waals surface area contributed by atoms with Crippen molar-refractivity contribution in [3.63, 3.8) is 0 Å². The Labute approximate surface area is 439 Å². The van der Waals surface area contributed by atoms with E-state index in [1.807, 2.05) is 0 Å². The summed E-state index contributed by atoms with van der Waals surface area (Å²) in [5.41, 5.74) is -4.10. The van der Waals surface area contributed by atoms with Crippen LogP contribution < -0.4 is 0 Å². The Morgan fingerprint density at radius 2 is 1.07 bits per heavy atom. The number of nitrogens with zero attached hydrogens (tertiary/aromatic N) is 3. The molecule has 0 saturated carbocycles. The van der Waals surface area contributed by atoms with E-state index in [2.05, 4.69) is 33.2 Å². The minimum atomic E-state index is -3.28. The quantitative estimate of drug-likeness (QED) is 0.102. The van der Waals surface area contributed by atoms with Crippen LogP contribution in [0.4, 0.5) is 4.39 Å². The molecule has 4 aromatic heterocycles. The van der Waals surface area contributed by atoms with Crippen molar-refractivity contribution in [2.75, 3.05) is 0 Å². The zero-order valence-electron chi connectivity index (χ0n) is 55.7. The van der Waals surface area contributed by atoms with Gasteiger partial charge in [-0.3, -0.25) is 0 Å². The van der Waals surface area contributed by atoms with Gasteiger partial charge >= 0.3 is 20.1 Å². The van der Waals surface area contributed by atoms with Crippen LogP contribution in [-0.4, -0.2) is 15.0 Å². The summed E-state index contributed by atoms with van der Waals surface area (Å²) < 4.78 is 198. The molecule has 0 unspecified atom stereocenters. The maximum absolute atomic E-state index is 17.3. The maximum atomic E-state index is 17.3. The van der Waals surface area contributed by atoms with Gasteiger partial charge in [-0.25, -0.2) is 4.39 Å². The summed E-state index contributed by atoms with van der Waals surface area (Å²) in [7, 11) is 0. The predicted molar refractivity (Wildman–Crippen MR) is 270 cm³/mol. The van der Waals surface area contributed by atoms with E-state index in [-0.39, 0.29) is 64.4 Å². The van der Waals surface area contributed by atoms with E-state index in [9.17, 15) is 16.4 Å². The Balaban J connectivity index is 0.00000902. The van der Waals surface area contributed by atoms with Crippen molar-refractivity contribution in [1.82, 2.24) is 15.0 Å². The molecule has 0 spiro atoms. The fourth-order valence-corrected chi connectivity index (χ4v) is 7.39. The van der Waals surface area contributed by atoms with E-state index in [0.29, 0.717) is 22.5 Å². The van der Waals surface area contributed by atoms with Gasteiger partial charge in [0, 0.05) is 43.2 Å². The molecular formula is C62H51FIrN3O. The van der Waals surface area contributed by atoms with E-state index in [4.69, 9.17) is 14.0 Å². The molecule has 4 heterocycles. The molecule has 0 bridgehead atoms. The van der Waals surface area contributed by atoms with Gasteiger partial charge in [0.15, 0.2) is 0 Å². The summed E-state index contributed by atoms with van der Waals surface area (Å²) in [6, 6.07) is 34.0. The van der Waals surface area contributed by atoms with E-state index >= 15 is 4.39 Å². The van der Waals surface area contributed by atoms with Crippen molar-refractivity contribution < 1.29 is 55.0 Å². The van der Waals surface area contributed by atoms with Gasteiger partial charge in [0.2, 0.25) is 0 Å². The first-order chi connectivity index (χ1) is 40.1. The molecule has 10 aromatic rings. The number of fused-ring (bicyclic) bond motifs is 3. The summed E-state index contributed by atoms with van der Waals surface area (Å²) in [6.07, 6.45) is -17.9. The molecule has 0 aliphatic rings. The topological polar surface area (TPSA) is 51.8 Å². The number of rotatable bonds is 14. The second kappa shape index (κ2) is 20.6. The minimum absolute atomic E-state index is 0. The summed E-state index contributed by atoms with van der Waals surface area (Å²) in [4.78, 5) is 13.2. The summed E-state index contributed by atoms with van der Waals surface area (Å²) in [5.74, 6) is -1.22. The molecule has 68 heavy (non-hydrogen) atoms. The van der Waals surface area contributed by atoms with Gasteiger partial charge < -0.3 is 19.4 Å². The van der Waals surface area contributed by atoms with Crippen LogP contribution >= 0.6 is 0 Å². The molecule has 0 radical (unpaired) electrons. The second-order valence-corrected chi connectivity index (χ2v) is 16.5. The Kier molecular flexibility index (Phi) is 8.61. The van der Waals surface area contributed by atoms with Crippen molar-refractivity contribution in [3.05, 3.63) is 233 Å². The molecule has 6 heteroatoms. The van der Waals surface area contributed by atoms with E-state index in [1.165, 1.54) is 54.6 Å². The normalized spacial score (nSPS) is 17.1. The van der Waals surface area contributed by atoms with E-state index < -0.39 is 125 Å². The van der Waals surface area contributed by atoms with Crippen molar-refractivity contribution in [2.24, 2.45) is 5.41 Å². The molecule has 0 atom stereocenters. The second-order valence-electron chi connectivity index (χ2n) is 16.5. The van der Waals surface area contributed by atoms with Crippen molar-refractivity contribution >= 4 is 21.9 Å². The third-order valence-electron chi connectivity index (χ3n) is 10.4. The predicted octanol–water partition coefficient (Wildman–Crippen LogP) is 14.9. The largest absolute Gasteiger partial charge is 3.00 e. The molecule has 0 saturated heterocycles. The average Bonchev–Trinajstić information content (AvgIpc) is 1.73. The first kappa shape index (κ1) is 28.5. The summed E-state index contributed by atoms with van der Waals surface area (Å²) in [6.45, 7) is 4.66. The van der Waals surface area contributed by atoms with Gasteiger partial charge in [-0.1, -0.05) is 117 Å². The van der Waals surface area contributed by atoms with Gasteiger partial charge in [-0.05, 0) is 118 Å². The zero-order valence-corrected chi connectivity index (χ0v) is 39.1. The monoisotopic (exact) mass is 1080 g/mol. The summed E-state index contributed by atoms with van der Waals surface area (Å²) >= 11 is 0. The number of hydrogen-bond acceptors (Lipinski definition) is 4. The van der Waals surface area contributed by atoms with Gasteiger partial charge in [-0.15, -0.1) is 90.0 Å². The Bertz CT molecular complexity index is 4100. The van der Waals surface area contributed by atoms with Crippen LogP contribution in [0.15, 0.2) is 175 Å². The molecule has 6 aromatic carbocycles. The Hall–Kier alpha value is -6.85. The van der Waals surface area contributed by atoms with Crippen molar-refractivity contribution in [2.45, 2.75) is 65.4 Å². The van der Waals surface area contributed by atoms with Gasteiger partial charge in [0.1, 0.15) is 11.4 Å². The summed E-state index contributed by atoms with van der Waals surface area (Å²) in [5, 5.41) is 0.348. The fraction of sp³-hybridized carbons (Fsp3) is 0.177. The van der Waals surface area contributed by atoms with Crippen molar-refractivity contribution in [1.29, 1.82) is 0 Å². The third kappa shape index (κ3) is 10.6. The molecule has 0 amide bonds. The number of hydrogen-bond donors (Lipinski definition) is 0. The third-order valence-corrected chi connectivity index (χ3v) is 10.4. The van der Waals surface area contributed by atoms with Crippen LogP contribution in [0, 0.1) is 29.4 Å². The average molecular weight is 1080 g/mol. The fourth-order valence-electron chi connectivity index (χ4n) is 7.39. The van der Waals surface area contributed by atoms with Crippen LogP contribution in [0.1, 0.15) is 85.8 Å². The standard InChI is InChI=1S/C62H51FN3O.Ir/c1-62(2,3)38-51-37-54-52-20-13-21-53(60(52)67-61(54)58(59(51)63)50-18-11-6-12-19-50)57-33-30-44(41-66-57)24-27-47-35-45(25-22-42-28-31-55(64-39-42)48-14-7-4-8-15-48)34-46(36-47)26-23-43-29-32-56(65-40-43)49-16-9-5-10-17-49;/h4-14,16,18-20,28-37,39-41H,22-27,38H2,1-3H3;/q-3;+3/i6D,11D,12D,18D,19D,22D2,23D2,24D2,25D2,26D2,27D2,38D2;. The van der Waals surface area contributed by atoms with E-state index in [0.717, 1.165) is 36.8 Å². The number of benzene rings is 6. The number of aryl methyl sites for hydroxylation is 6. The molecule has 10 rings (SSSR count). The zero-order chi connectivity index (χ0) is 62.6. The molecular weight excluding hydrogens is 1010 g/mol. The van der Waals surface area contributed by atoms with Crippen LogP contribution in [0.25, 0.3) is 66.8 Å². The molecule has 4 nitrogen and oxygen atoms in total. The molecule has 0 aliphatic carbocycles. The number of pyridine rings is 3. The first-order valence-corrected chi connectivity index (χ1v) is 21.3. The van der Waals surface area contributed by atoms with E-state index in [1.54, 1.807) is 69.3 Å². The van der Waals surface area contributed by atoms with Crippen LogP contribution in [0.3, 0.4) is 0 Å². The van der Waals surface area contributed by atoms with Gasteiger partial charge in [-0.2, -0.15) is 0 Å². The molecule has 0 N–H and O–H groups in total. The maximum Gasteiger partial charge on any atom is 3.00 e. The molecule has 336 valence electrons. The molecule has 0 aliphatic heterocycles. The first-order valence-electron chi connectivity index (χ1n) is 30.8. The number of halogens is 1. The number of furan rings is 1. The molecule has 0 fully saturated rings. The smallest absolute Gasteiger partial charge is 0.500 e.